The van der Waals surface area contributed by atoms with Crippen molar-refractivity contribution in [2.24, 2.45) is 0 Å². The lowest BCUT2D eigenvalue weighted by molar-refractivity contribution is -0.274. The van der Waals surface area contributed by atoms with Gasteiger partial charge in [0.1, 0.15) is 11.4 Å². The van der Waals surface area contributed by atoms with Crippen molar-refractivity contribution in [2.45, 2.75) is 6.36 Å². The maximum Gasteiger partial charge on any atom is 0.573 e. The third kappa shape index (κ3) is 5.12. The van der Waals surface area contributed by atoms with Crippen molar-refractivity contribution in [2.75, 3.05) is 11.0 Å². The van der Waals surface area contributed by atoms with Gasteiger partial charge in [-0.25, -0.2) is 17.9 Å². The van der Waals surface area contributed by atoms with E-state index in [1.807, 2.05) is 0 Å². The number of halogens is 3. The smallest absolute Gasteiger partial charge is 0.478 e. The summed E-state index contributed by atoms with van der Waals surface area (Å²) in [5.41, 5.74) is 2.27. The molecule has 0 saturated heterocycles. The van der Waals surface area contributed by atoms with Crippen LogP contribution in [0.15, 0.2) is 66.7 Å². The lowest BCUT2D eigenvalue weighted by Gasteiger charge is -2.09. The molecule has 0 unspecified atom stereocenters. The molecule has 4 rings (SSSR count). The lowest BCUT2D eigenvalue weighted by atomic mass is 10.1. The molecule has 34 heavy (non-hydrogen) atoms. The summed E-state index contributed by atoms with van der Waals surface area (Å²) in [5.74, 6) is -1.53. The molecule has 0 bridgehead atoms. The zero-order valence-corrected chi connectivity index (χ0v) is 18.2. The number of rotatable bonds is 6. The molecule has 0 fully saturated rings. The number of alkyl halides is 3. The molecule has 0 amide bonds. The van der Waals surface area contributed by atoms with Crippen molar-refractivity contribution in [3.05, 3.63) is 72.3 Å². The number of carboxylic acids is 1. The largest absolute Gasteiger partial charge is 0.573 e. The van der Waals surface area contributed by atoms with E-state index in [0.717, 1.165) is 18.4 Å². The molecule has 2 N–H and O–H groups in total. The summed E-state index contributed by atoms with van der Waals surface area (Å²) in [6.07, 6.45) is -3.80. The highest BCUT2D eigenvalue weighted by Crippen LogP contribution is 2.32. The monoisotopic (exact) mass is 491 g/mol. The molecule has 0 aliphatic carbocycles. The van der Waals surface area contributed by atoms with Crippen molar-refractivity contribution < 1.29 is 36.2 Å². The number of sulfonamides is 1. The quantitative estimate of drug-likeness (QED) is 0.406. The Kier molecular flexibility index (Phi) is 5.69. The molecule has 1 heterocycles. The number of nitrogens with zero attached hydrogens (tertiary/aromatic N) is 2. The number of hydrogen-bond acceptors (Lipinski definition) is 5. The van der Waals surface area contributed by atoms with Crippen LogP contribution in [0.4, 0.5) is 18.9 Å². The molecule has 0 saturated carbocycles. The maximum absolute atomic E-state index is 12.5. The van der Waals surface area contributed by atoms with E-state index >= 15 is 0 Å². The van der Waals surface area contributed by atoms with Crippen LogP contribution >= 0.6 is 0 Å². The standard InChI is InChI=1S/C22H16F3N3O5S/c1-34(31,32)27-15-5-2-13(3-6-15)20-18-12-14(21(29)30)4-11-19(18)28(26-20)16-7-9-17(10-8-16)33-22(23,24)25/h2-12,27H,1H3,(H,29,30). The van der Waals surface area contributed by atoms with Crippen molar-refractivity contribution in [1.82, 2.24) is 9.78 Å². The van der Waals surface area contributed by atoms with E-state index < -0.39 is 28.1 Å². The van der Waals surface area contributed by atoms with E-state index in [1.54, 1.807) is 18.2 Å². The maximum atomic E-state index is 12.5. The number of anilines is 1. The molecule has 0 aliphatic rings. The molecular formula is C22H16F3N3O5S. The predicted molar refractivity (Wildman–Crippen MR) is 119 cm³/mol. The average molecular weight is 491 g/mol. The van der Waals surface area contributed by atoms with Crippen molar-refractivity contribution in [3.63, 3.8) is 0 Å². The average Bonchev–Trinajstić information content (AvgIpc) is 3.11. The van der Waals surface area contributed by atoms with Crippen LogP contribution in [0.1, 0.15) is 10.4 Å². The van der Waals surface area contributed by atoms with Crippen molar-refractivity contribution in [3.8, 4) is 22.7 Å². The second kappa shape index (κ2) is 8.37. The number of nitrogens with one attached hydrogen (secondary N) is 1. The van der Waals surface area contributed by atoms with Crippen LogP contribution in [0.25, 0.3) is 27.8 Å². The normalized spacial score (nSPS) is 12.0. The lowest BCUT2D eigenvalue weighted by Crippen LogP contribution is -2.17. The SMILES string of the molecule is CS(=O)(=O)Nc1ccc(-c2nn(-c3ccc(OC(F)(F)F)cc3)c3ccc(C(=O)O)cc23)cc1. The van der Waals surface area contributed by atoms with E-state index in [-0.39, 0.29) is 5.56 Å². The number of fused-ring (bicyclic) bond motifs is 1. The van der Waals surface area contributed by atoms with Gasteiger partial charge in [0.25, 0.3) is 0 Å². The Morgan fingerprint density at radius 3 is 2.24 bits per heavy atom. The number of carbonyl (C=O) groups is 1. The summed E-state index contributed by atoms with van der Waals surface area (Å²) >= 11 is 0. The molecule has 0 aliphatic heterocycles. The number of aromatic nitrogens is 2. The summed E-state index contributed by atoms with van der Waals surface area (Å²) in [4.78, 5) is 11.5. The molecule has 3 aromatic carbocycles. The molecule has 0 atom stereocenters. The minimum atomic E-state index is -4.82. The van der Waals surface area contributed by atoms with Gasteiger partial charge >= 0.3 is 12.3 Å². The topological polar surface area (TPSA) is 111 Å². The van der Waals surface area contributed by atoms with Gasteiger partial charge in [-0.3, -0.25) is 4.72 Å². The van der Waals surface area contributed by atoms with Crippen LogP contribution in [0, 0.1) is 0 Å². The van der Waals surface area contributed by atoms with Crippen LogP contribution in [-0.4, -0.2) is 41.9 Å². The van der Waals surface area contributed by atoms with Gasteiger partial charge < -0.3 is 9.84 Å². The molecule has 8 nitrogen and oxygen atoms in total. The Bertz CT molecular complexity index is 1480. The Hall–Kier alpha value is -4.06. The zero-order chi connectivity index (χ0) is 24.7. The fraction of sp³-hybridized carbons (Fsp3) is 0.0909. The van der Waals surface area contributed by atoms with E-state index in [4.69, 9.17) is 0 Å². The van der Waals surface area contributed by atoms with E-state index in [9.17, 15) is 31.5 Å². The van der Waals surface area contributed by atoms with E-state index in [2.05, 4.69) is 14.6 Å². The second-order valence-electron chi connectivity index (χ2n) is 7.29. The van der Waals surface area contributed by atoms with Crippen LogP contribution in [0.2, 0.25) is 0 Å². The number of hydrogen-bond donors (Lipinski definition) is 2. The molecular weight excluding hydrogens is 475 g/mol. The third-order valence-corrected chi connectivity index (χ3v) is 5.31. The van der Waals surface area contributed by atoms with E-state index in [0.29, 0.717) is 33.5 Å². The second-order valence-corrected chi connectivity index (χ2v) is 9.04. The number of ether oxygens (including phenoxy) is 1. The third-order valence-electron chi connectivity index (χ3n) is 4.70. The van der Waals surface area contributed by atoms with E-state index in [1.165, 1.54) is 41.1 Å². The fourth-order valence-corrected chi connectivity index (χ4v) is 3.92. The van der Waals surface area contributed by atoms with Crippen LogP contribution in [0.3, 0.4) is 0 Å². The Labute approximate surface area is 191 Å². The summed E-state index contributed by atoms with van der Waals surface area (Å²) < 4.78 is 68.0. The summed E-state index contributed by atoms with van der Waals surface area (Å²) in [6, 6.07) is 15.8. The minimum Gasteiger partial charge on any atom is -0.478 e. The first-order chi connectivity index (χ1) is 15.9. The first-order valence-corrected chi connectivity index (χ1v) is 11.5. The number of carboxylic acid groups (broad SMARTS) is 1. The fourth-order valence-electron chi connectivity index (χ4n) is 3.36. The first kappa shape index (κ1) is 23.1. The Morgan fingerprint density at radius 2 is 1.68 bits per heavy atom. The molecule has 4 aromatic rings. The van der Waals surface area contributed by atoms with Gasteiger partial charge in [-0.15, -0.1) is 13.2 Å². The van der Waals surface area contributed by atoms with Gasteiger partial charge in [-0.05, 0) is 54.6 Å². The van der Waals surface area contributed by atoms with Crippen LogP contribution in [-0.2, 0) is 10.0 Å². The highest BCUT2D eigenvalue weighted by atomic mass is 32.2. The molecule has 0 spiro atoms. The van der Waals surface area contributed by atoms with Crippen LogP contribution < -0.4 is 9.46 Å². The summed E-state index contributed by atoms with van der Waals surface area (Å²) in [7, 11) is -3.47. The summed E-state index contributed by atoms with van der Waals surface area (Å²) in [5, 5.41) is 14.4. The van der Waals surface area contributed by atoms with Crippen LogP contribution in [0.5, 0.6) is 5.75 Å². The zero-order valence-electron chi connectivity index (χ0n) is 17.4. The van der Waals surface area contributed by atoms with Crippen molar-refractivity contribution >= 4 is 32.6 Å². The Balaban J connectivity index is 1.81. The van der Waals surface area contributed by atoms with Gasteiger partial charge in [0.2, 0.25) is 10.0 Å². The Morgan fingerprint density at radius 1 is 1.03 bits per heavy atom. The van der Waals surface area contributed by atoms with Gasteiger partial charge in [0.15, 0.2) is 0 Å². The molecule has 12 heteroatoms. The highest BCUT2D eigenvalue weighted by Gasteiger charge is 2.31. The van der Waals surface area contributed by atoms with Gasteiger partial charge in [-0.2, -0.15) is 5.10 Å². The molecule has 1 aromatic heterocycles. The van der Waals surface area contributed by atoms with Gasteiger partial charge in [0, 0.05) is 16.6 Å². The van der Waals surface area contributed by atoms with Crippen molar-refractivity contribution in [1.29, 1.82) is 0 Å². The predicted octanol–water partition coefficient (Wildman–Crippen LogP) is 4.66. The molecule has 0 radical (unpaired) electrons. The first-order valence-electron chi connectivity index (χ1n) is 9.60. The van der Waals surface area contributed by atoms with Gasteiger partial charge in [-0.1, -0.05) is 12.1 Å². The minimum absolute atomic E-state index is 0.0255. The van der Waals surface area contributed by atoms with Gasteiger partial charge in [0.05, 0.1) is 23.0 Å². The highest BCUT2D eigenvalue weighted by molar-refractivity contribution is 7.92. The summed E-state index contributed by atoms with van der Waals surface area (Å²) in [6.45, 7) is 0. The number of aromatic carboxylic acids is 1. The number of benzene rings is 3. The molecule has 176 valence electrons.